The lowest BCUT2D eigenvalue weighted by atomic mass is 9.98. The Morgan fingerprint density at radius 2 is 2.35 bits per heavy atom. The first-order valence-electron chi connectivity index (χ1n) is 6.94. The van der Waals surface area contributed by atoms with Gasteiger partial charge in [0.1, 0.15) is 17.6 Å². The van der Waals surface area contributed by atoms with Crippen LogP contribution < -0.4 is 20.5 Å². The number of methoxy groups -OCH3 is 1. The third-order valence-electron chi connectivity index (χ3n) is 3.48. The van der Waals surface area contributed by atoms with Gasteiger partial charge in [-0.05, 0) is 25.6 Å². The minimum absolute atomic E-state index is 0.155. The standard InChI is InChI=1S/C15H22N2O3/c1-4-17-12(8-15(16)18)11-7-13-10(5-9(2)20-13)6-14(11)19-3/h6-7,9,12,17H,4-5,8H2,1-3H3,(H2,16,18). The van der Waals surface area contributed by atoms with Gasteiger partial charge in [-0.3, -0.25) is 4.79 Å². The van der Waals surface area contributed by atoms with Crippen molar-refractivity contribution in [3.63, 3.8) is 0 Å². The SMILES string of the molecule is CCNC(CC(N)=O)c1cc2c(cc1OC)CC(C)O2. The van der Waals surface area contributed by atoms with Gasteiger partial charge in [-0.2, -0.15) is 0 Å². The second kappa shape index (κ2) is 6.13. The third kappa shape index (κ3) is 3.04. The summed E-state index contributed by atoms with van der Waals surface area (Å²) in [7, 11) is 1.64. The smallest absolute Gasteiger partial charge is 0.219 e. The summed E-state index contributed by atoms with van der Waals surface area (Å²) >= 11 is 0. The van der Waals surface area contributed by atoms with E-state index in [4.69, 9.17) is 15.2 Å². The molecule has 5 heteroatoms. The number of benzene rings is 1. The minimum Gasteiger partial charge on any atom is -0.496 e. The summed E-state index contributed by atoms with van der Waals surface area (Å²) in [4.78, 5) is 11.3. The van der Waals surface area contributed by atoms with E-state index in [2.05, 4.69) is 5.32 Å². The van der Waals surface area contributed by atoms with E-state index in [1.165, 1.54) is 0 Å². The number of fused-ring (bicyclic) bond motifs is 1. The molecule has 3 N–H and O–H groups in total. The van der Waals surface area contributed by atoms with Crippen LogP contribution in [0.3, 0.4) is 0 Å². The zero-order valence-electron chi connectivity index (χ0n) is 12.2. The lowest BCUT2D eigenvalue weighted by Crippen LogP contribution is -2.27. The van der Waals surface area contributed by atoms with E-state index in [-0.39, 0.29) is 24.5 Å². The summed E-state index contributed by atoms with van der Waals surface area (Å²) in [5, 5.41) is 3.27. The molecule has 2 atom stereocenters. The van der Waals surface area contributed by atoms with Crippen LogP contribution in [-0.4, -0.2) is 25.7 Å². The molecule has 2 rings (SSSR count). The van der Waals surface area contributed by atoms with Crippen LogP contribution in [0.4, 0.5) is 0 Å². The first-order valence-corrected chi connectivity index (χ1v) is 6.94. The van der Waals surface area contributed by atoms with Gasteiger partial charge in [-0.15, -0.1) is 0 Å². The number of rotatable bonds is 6. The number of nitrogens with one attached hydrogen (secondary N) is 1. The highest BCUT2D eigenvalue weighted by Crippen LogP contribution is 2.38. The second-order valence-corrected chi connectivity index (χ2v) is 5.12. The van der Waals surface area contributed by atoms with Crippen LogP contribution in [0, 0.1) is 0 Å². The molecule has 0 aromatic heterocycles. The van der Waals surface area contributed by atoms with Crippen LogP contribution in [0.1, 0.15) is 37.4 Å². The summed E-state index contributed by atoms with van der Waals surface area (Å²) in [6.07, 6.45) is 1.30. The number of hydrogen-bond donors (Lipinski definition) is 2. The van der Waals surface area contributed by atoms with Crippen molar-refractivity contribution in [2.24, 2.45) is 5.73 Å². The first kappa shape index (κ1) is 14.7. The van der Waals surface area contributed by atoms with Gasteiger partial charge in [0.05, 0.1) is 7.11 Å². The Morgan fingerprint density at radius 1 is 1.60 bits per heavy atom. The number of nitrogens with two attached hydrogens (primary N) is 1. The van der Waals surface area contributed by atoms with Gasteiger partial charge in [0.2, 0.25) is 5.91 Å². The molecule has 1 aromatic rings. The molecular formula is C15H22N2O3. The van der Waals surface area contributed by atoms with Crippen molar-refractivity contribution in [3.8, 4) is 11.5 Å². The molecule has 1 aromatic carbocycles. The topological polar surface area (TPSA) is 73.6 Å². The molecule has 0 saturated heterocycles. The maximum absolute atomic E-state index is 11.3. The molecule has 2 unspecified atom stereocenters. The maximum atomic E-state index is 11.3. The first-order chi connectivity index (χ1) is 9.55. The molecule has 1 aliphatic heterocycles. The van der Waals surface area contributed by atoms with Gasteiger partial charge in [0.15, 0.2) is 0 Å². The Hall–Kier alpha value is -1.75. The maximum Gasteiger partial charge on any atom is 0.219 e. The molecule has 0 fully saturated rings. The molecule has 110 valence electrons. The predicted molar refractivity (Wildman–Crippen MR) is 77.0 cm³/mol. The van der Waals surface area contributed by atoms with Gasteiger partial charge in [0.25, 0.3) is 0 Å². The summed E-state index contributed by atoms with van der Waals surface area (Å²) in [5.74, 6) is 1.31. The Labute approximate surface area is 119 Å². The molecule has 1 amide bonds. The molecule has 0 aliphatic carbocycles. The van der Waals surface area contributed by atoms with Crippen LogP contribution >= 0.6 is 0 Å². The Kier molecular flexibility index (Phi) is 4.49. The van der Waals surface area contributed by atoms with Crippen molar-refractivity contribution in [1.82, 2.24) is 5.32 Å². The third-order valence-corrected chi connectivity index (χ3v) is 3.48. The average Bonchev–Trinajstić information content (AvgIpc) is 2.75. The normalized spacial score (nSPS) is 18.2. The van der Waals surface area contributed by atoms with Gasteiger partial charge in [-0.25, -0.2) is 0 Å². The number of carbonyl (C=O) groups is 1. The molecule has 20 heavy (non-hydrogen) atoms. The van der Waals surface area contributed by atoms with Crippen LogP contribution in [0.15, 0.2) is 12.1 Å². The Balaban J connectivity index is 2.37. The fourth-order valence-electron chi connectivity index (χ4n) is 2.64. The van der Waals surface area contributed by atoms with Gasteiger partial charge >= 0.3 is 0 Å². The molecule has 0 bridgehead atoms. The number of primary amides is 1. The molecule has 1 heterocycles. The van der Waals surface area contributed by atoms with Gasteiger partial charge < -0.3 is 20.5 Å². The highest BCUT2D eigenvalue weighted by atomic mass is 16.5. The molecule has 0 spiro atoms. The number of carbonyl (C=O) groups excluding carboxylic acids is 1. The summed E-state index contributed by atoms with van der Waals surface area (Å²) in [6.45, 7) is 4.78. The van der Waals surface area contributed by atoms with Crippen LogP contribution in [-0.2, 0) is 11.2 Å². The molecule has 1 aliphatic rings. The molecular weight excluding hydrogens is 256 g/mol. The highest BCUT2D eigenvalue weighted by Gasteiger charge is 2.25. The lowest BCUT2D eigenvalue weighted by molar-refractivity contribution is -0.118. The summed E-state index contributed by atoms with van der Waals surface area (Å²) in [5.41, 5.74) is 7.40. The van der Waals surface area contributed by atoms with E-state index >= 15 is 0 Å². The zero-order valence-corrected chi connectivity index (χ0v) is 12.2. The minimum atomic E-state index is -0.340. The molecule has 5 nitrogen and oxygen atoms in total. The van der Waals surface area contributed by atoms with Crippen molar-refractivity contribution in [1.29, 1.82) is 0 Å². The zero-order chi connectivity index (χ0) is 14.7. The Morgan fingerprint density at radius 3 is 2.95 bits per heavy atom. The summed E-state index contributed by atoms with van der Waals surface area (Å²) in [6, 6.07) is 3.81. The lowest BCUT2D eigenvalue weighted by Gasteiger charge is -2.20. The Bertz CT molecular complexity index is 502. The van der Waals surface area contributed by atoms with Crippen molar-refractivity contribution in [2.45, 2.75) is 38.8 Å². The van der Waals surface area contributed by atoms with Gasteiger partial charge in [0, 0.05) is 30.0 Å². The van der Waals surface area contributed by atoms with E-state index in [1.54, 1.807) is 7.11 Å². The molecule has 0 radical (unpaired) electrons. The van der Waals surface area contributed by atoms with E-state index in [9.17, 15) is 4.79 Å². The van der Waals surface area contributed by atoms with Gasteiger partial charge in [-0.1, -0.05) is 6.92 Å². The van der Waals surface area contributed by atoms with Crippen LogP contribution in [0.2, 0.25) is 0 Å². The van der Waals surface area contributed by atoms with Crippen molar-refractivity contribution in [2.75, 3.05) is 13.7 Å². The number of amides is 1. The van der Waals surface area contributed by atoms with E-state index < -0.39 is 0 Å². The van der Waals surface area contributed by atoms with Crippen LogP contribution in [0.5, 0.6) is 11.5 Å². The van der Waals surface area contributed by atoms with E-state index in [0.29, 0.717) is 0 Å². The fourth-order valence-corrected chi connectivity index (χ4v) is 2.64. The van der Waals surface area contributed by atoms with Crippen molar-refractivity contribution >= 4 is 5.91 Å². The second-order valence-electron chi connectivity index (χ2n) is 5.12. The summed E-state index contributed by atoms with van der Waals surface area (Å²) < 4.78 is 11.2. The highest BCUT2D eigenvalue weighted by molar-refractivity contribution is 5.75. The van der Waals surface area contributed by atoms with Crippen molar-refractivity contribution < 1.29 is 14.3 Å². The molecule has 0 saturated carbocycles. The van der Waals surface area contributed by atoms with Crippen molar-refractivity contribution in [3.05, 3.63) is 23.3 Å². The number of hydrogen-bond acceptors (Lipinski definition) is 4. The van der Waals surface area contributed by atoms with Crippen LogP contribution in [0.25, 0.3) is 0 Å². The monoisotopic (exact) mass is 278 g/mol. The van der Waals surface area contributed by atoms with E-state index in [1.807, 2.05) is 26.0 Å². The quantitative estimate of drug-likeness (QED) is 0.828. The predicted octanol–water partition coefficient (Wildman–Crippen LogP) is 1.54. The average molecular weight is 278 g/mol. The van der Waals surface area contributed by atoms with E-state index in [0.717, 1.165) is 35.6 Å². The largest absolute Gasteiger partial charge is 0.496 e. The fraction of sp³-hybridized carbons (Fsp3) is 0.533. The number of ether oxygens (including phenoxy) is 2.